The van der Waals surface area contributed by atoms with Crippen LogP contribution in [0.4, 0.5) is 5.69 Å². The minimum absolute atomic E-state index is 0.224. The van der Waals surface area contributed by atoms with E-state index >= 15 is 0 Å². The first-order chi connectivity index (χ1) is 8.13. The van der Waals surface area contributed by atoms with Gasteiger partial charge < -0.3 is 9.64 Å². The zero-order chi connectivity index (χ0) is 12.4. The predicted molar refractivity (Wildman–Crippen MR) is 69.7 cm³/mol. The fourth-order valence-corrected chi connectivity index (χ4v) is 2.71. The summed E-state index contributed by atoms with van der Waals surface area (Å²) in [7, 11) is 1.33. The van der Waals surface area contributed by atoms with Gasteiger partial charge in [-0.05, 0) is 28.8 Å². The van der Waals surface area contributed by atoms with Gasteiger partial charge in [0.15, 0.2) is 5.69 Å². The molecule has 0 amide bonds. The summed E-state index contributed by atoms with van der Waals surface area (Å²) in [6.07, 6.45) is 2.31. The van der Waals surface area contributed by atoms with E-state index in [0.29, 0.717) is 9.63 Å². The van der Waals surface area contributed by atoms with Crippen LogP contribution in [-0.4, -0.2) is 31.2 Å². The largest absolute Gasteiger partial charge is 0.464 e. The third-order valence-electron chi connectivity index (χ3n) is 2.73. The molecule has 1 fully saturated rings. The molecule has 0 bridgehead atoms. The van der Waals surface area contributed by atoms with Crippen molar-refractivity contribution in [2.24, 2.45) is 0 Å². The molecule has 1 aliphatic heterocycles. The molecule has 0 unspecified atom stereocenters. The van der Waals surface area contributed by atoms with E-state index in [1.807, 2.05) is 0 Å². The number of rotatable bonds is 2. The molecule has 4 nitrogen and oxygen atoms in total. The summed E-state index contributed by atoms with van der Waals surface area (Å²) in [5, 5.41) is 0.301. The Morgan fingerprint density at radius 2 is 2.18 bits per heavy atom. The van der Waals surface area contributed by atoms with Gasteiger partial charge in [0, 0.05) is 19.2 Å². The molecule has 1 aromatic heterocycles. The molecule has 92 valence electrons. The summed E-state index contributed by atoms with van der Waals surface area (Å²) in [4.78, 5) is 17.7. The highest BCUT2D eigenvalue weighted by atomic mass is 79.9. The zero-order valence-corrected chi connectivity index (χ0v) is 11.7. The lowest BCUT2D eigenvalue weighted by Gasteiger charge is -2.20. The zero-order valence-electron chi connectivity index (χ0n) is 9.37. The first-order valence-electron chi connectivity index (χ1n) is 5.33. The number of hydrogen-bond acceptors (Lipinski definition) is 4. The number of anilines is 1. The van der Waals surface area contributed by atoms with Crippen molar-refractivity contribution in [1.82, 2.24) is 4.98 Å². The van der Waals surface area contributed by atoms with Crippen molar-refractivity contribution in [2.75, 3.05) is 25.1 Å². The summed E-state index contributed by atoms with van der Waals surface area (Å²) in [5.41, 5.74) is 1.13. The van der Waals surface area contributed by atoms with Crippen LogP contribution in [0.2, 0.25) is 5.15 Å². The third-order valence-corrected chi connectivity index (χ3v) is 3.71. The van der Waals surface area contributed by atoms with Crippen LogP contribution >= 0.6 is 27.5 Å². The van der Waals surface area contributed by atoms with Crippen molar-refractivity contribution in [1.29, 1.82) is 0 Å². The molecule has 6 heteroatoms. The summed E-state index contributed by atoms with van der Waals surface area (Å²) < 4.78 is 5.33. The van der Waals surface area contributed by atoms with Gasteiger partial charge in [-0.15, -0.1) is 0 Å². The van der Waals surface area contributed by atoms with Crippen LogP contribution < -0.4 is 4.90 Å². The molecule has 0 radical (unpaired) electrons. The molecule has 1 aliphatic rings. The van der Waals surface area contributed by atoms with Crippen molar-refractivity contribution in [3.05, 3.63) is 21.4 Å². The summed E-state index contributed by atoms with van der Waals surface area (Å²) in [6.45, 7) is 1.94. The molecule has 1 aromatic rings. The Bertz CT molecular complexity index is 447. The second-order valence-electron chi connectivity index (χ2n) is 3.81. The first-order valence-corrected chi connectivity index (χ1v) is 6.50. The van der Waals surface area contributed by atoms with Gasteiger partial charge in [-0.3, -0.25) is 0 Å². The Morgan fingerprint density at radius 1 is 1.53 bits per heavy atom. The normalized spacial score (nSPS) is 15.1. The van der Waals surface area contributed by atoms with E-state index in [2.05, 4.69) is 30.6 Å². The molecule has 0 N–H and O–H groups in total. The van der Waals surface area contributed by atoms with Crippen molar-refractivity contribution in [3.8, 4) is 0 Å². The average molecular weight is 320 g/mol. The van der Waals surface area contributed by atoms with Crippen LogP contribution in [-0.2, 0) is 4.74 Å². The SMILES string of the molecule is COC(=O)c1nc(Cl)cc(N2CCCC2)c1Br. The monoisotopic (exact) mass is 318 g/mol. The van der Waals surface area contributed by atoms with Crippen LogP contribution in [0, 0.1) is 0 Å². The molecule has 0 atom stereocenters. The van der Waals surface area contributed by atoms with Crippen molar-refractivity contribution >= 4 is 39.2 Å². The van der Waals surface area contributed by atoms with Crippen LogP contribution in [0.25, 0.3) is 0 Å². The number of pyridine rings is 1. The van der Waals surface area contributed by atoms with Crippen LogP contribution in [0.1, 0.15) is 23.3 Å². The van der Waals surface area contributed by atoms with Crippen LogP contribution in [0.15, 0.2) is 10.5 Å². The topological polar surface area (TPSA) is 42.4 Å². The van der Waals surface area contributed by atoms with Gasteiger partial charge in [0.05, 0.1) is 17.3 Å². The molecule has 0 aromatic carbocycles. The highest BCUT2D eigenvalue weighted by Gasteiger charge is 2.22. The van der Waals surface area contributed by atoms with E-state index in [1.54, 1.807) is 6.07 Å². The molecule has 0 spiro atoms. The Kier molecular flexibility index (Phi) is 3.89. The summed E-state index contributed by atoms with van der Waals surface area (Å²) in [5.74, 6) is -0.486. The van der Waals surface area contributed by atoms with Gasteiger partial charge in [0.1, 0.15) is 5.15 Å². The number of hydrogen-bond donors (Lipinski definition) is 0. The van der Waals surface area contributed by atoms with Gasteiger partial charge in [0.2, 0.25) is 0 Å². The van der Waals surface area contributed by atoms with Gasteiger partial charge in [-0.1, -0.05) is 11.6 Å². The quantitative estimate of drug-likeness (QED) is 0.621. The number of aromatic nitrogens is 1. The first kappa shape index (κ1) is 12.6. The van der Waals surface area contributed by atoms with E-state index in [1.165, 1.54) is 7.11 Å². The highest BCUT2D eigenvalue weighted by molar-refractivity contribution is 9.10. The molecular formula is C11H12BrClN2O2. The summed E-state index contributed by atoms with van der Waals surface area (Å²) >= 11 is 9.34. The fraction of sp³-hybridized carbons (Fsp3) is 0.455. The van der Waals surface area contributed by atoms with E-state index in [0.717, 1.165) is 31.6 Å². The maximum Gasteiger partial charge on any atom is 0.357 e. The number of halogens is 2. The second kappa shape index (κ2) is 5.23. The van der Waals surface area contributed by atoms with Crippen LogP contribution in [0.5, 0.6) is 0 Å². The number of carbonyl (C=O) groups excluding carboxylic acids is 1. The Hall–Kier alpha value is -0.810. The lowest BCUT2D eigenvalue weighted by Crippen LogP contribution is -2.19. The molecule has 0 saturated carbocycles. The number of carbonyl (C=O) groups is 1. The molecule has 17 heavy (non-hydrogen) atoms. The molecule has 2 heterocycles. The smallest absolute Gasteiger partial charge is 0.357 e. The predicted octanol–water partition coefficient (Wildman–Crippen LogP) is 2.88. The van der Waals surface area contributed by atoms with Gasteiger partial charge >= 0.3 is 5.97 Å². The highest BCUT2D eigenvalue weighted by Crippen LogP contribution is 2.33. The number of esters is 1. The minimum Gasteiger partial charge on any atom is -0.464 e. The van der Waals surface area contributed by atoms with E-state index in [-0.39, 0.29) is 5.69 Å². The molecular weight excluding hydrogens is 307 g/mol. The van der Waals surface area contributed by atoms with Gasteiger partial charge in [-0.2, -0.15) is 0 Å². The Labute approximate surface area is 113 Å². The maximum atomic E-state index is 11.6. The van der Waals surface area contributed by atoms with Gasteiger partial charge in [0.25, 0.3) is 0 Å². The third kappa shape index (κ3) is 2.55. The summed E-state index contributed by atoms with van der Waals surface area (Å²) in [6, 6.07) is 1.77. The number of methoxy groups -OCH3 is 1. The molecule has 0 aliphatic carbocycles. The Balaban J connectivity index is 2.45. The van der Waals surface area contributed by atoms with E-state index in [4.69, 9.17) is 11.6 Å². The molecule has 2 rings (SSSR count). The lowest BCUT2D eigenvalue weighted by molar-refractivity contribution is 0.0593. The van der Waals surface area contributed by atoms with E-state index < -0.39 is 5.97 Å². The van der Waals surface area contributed by atoms with E-state index in [9.17, 15) is 4.79 Å². The lowest BCUT2D eigenvalue weighted by atomic mass is 10.3. The number of nitrogens with zero attached hydrogens (tertiary/aromatic N) is 2. The fourth-order valence-electron chi connectivity index (χ4n) is 1.91. The second-order valence-corrected chi connectivity index (χ2v) is 4.99. The average Bonchev–Trinajstić information content (AvgIpc) is 2.84. The molecule has 1 saturated heterocycles. The van der Waals surface area contributed by atoms with Gasteiger partial charge in [-0.25, -0.2) is 9.78 Å². The van der Waals surface area contributed by atoms with Crippen molar-refractivity contribution in [2.45, 2.75) is 12.8 Å². The number of ether oxygens (including phenoxy) is 1. The van der Waals surface area contributed by atoms with Crippen LogP contribution in [0.3, 0.4) is 0 Å². The minimum atomic E-state index is -0.486. The van der Waals surface area contributed by atoms with Crippen molar-refractivity contribution in [3.63, 3.8) is 0 Å². The van der Waals surface area contributed by atoms with Crippen molar-refractivity contribution < 1.29 is 9.53 Å². The maximum absolute atomic E-state index is 11.6. The Morgan fingerprint density at radius 3 is 2.76 bits per heavy atom. The standard InChI is InChI=1S/C11H12BrClN2O2/c1-17-11(16)10-9(12)7(6-8(13)14-10)15-4-2-3-5-15/h6H,2-5H2,1H3.